The van der Waals surface area contributed by atoms with Crippen LogP contribution in [0, 0.1) is 0 Å². The van der Waals surface area contributed by atoms with Crippen LogP contribution >= 0.6 is 0 Å². The minimum Gasteiger partial charge on any atom is -0.368 e. The second-order valence-electron chi connectivity index (χ2n) is 3.56. The summed E-state index contributed by atoms with van der Waals surface area (Å²) in [5.74, 6) is 0.857. The van der Waals surface area contributed by atoms with Gasteiger partial charge in [0.25, 0.3) is 0 Å². The smallest absolute Gasteiger partial charge is 0.177 e. The van der Waals surface area contributed by atoms with Crippen molar-refractivity contribution in [2.24, 2.45) is 0 Å². The first-order valence-corrected chi connectivity index (χ1v) is 5.06. The Hall–Kier alpha value is -1.46. The number of ether oxygens (including phenoxy) is 1. The predicted molar refractivity (Wildman–Crippen MR) is 55.5 cm³/mol. The molecule has 78 valence electrons. The van der Waals surface area contributed by atoms with E-state index in [0.29, 0.717) is 0 Å². The van der Waals surface area contributed by atoms with Crippen molar-refractivity contribution in [3.05, 3.63) is 24.2 Å². The highest BCUT2D eigenvalue weighted by Crippen LogP contribution is 2.18. The fraction of sp³-hybridized carbons (Fsp3) is 0.400. The molecule has 5 heteroatoms. The molecule has 3 rings (SSSR count). The zero-order chi connectivity index (χ0) is 10.1. The molecule has 0 aliphatic carbocycles. The van der Waals surface area contributed by atoms with Gasteiger partial charge in [-0.2, -0.15) is 0 Å². The molecule has 0 amide bonds. The summed E-state index contributed by atoms with van der Waals surface area (Å²) < 4.78 is 5.61. The fourth-order valence-electron chi connectivity index (χ4n) is 1.76. The number of nitrogens with zero attached hydrogens (tertiary/aromatic N) is 2. The van der Waals surface area contributed by atoms with Crippen LogP contribution in [-0.2, 0) is 4.74 Å². The molecule has 1 fully saturated rings. The lowest BCUT2D eigenvalue weighted by Crippen LogP contribution is -2.33. The third kappa shape index (κ3) is 1.60. The minimum absolute atomic E-state index is 0.0212. The van der Waals surface area contributed by atoms with Gasteiger partial charge in [-0.25, -0.2) is 9.97 Å². The Kier molecular flexibility index (Phi) is 2.12. The Morgan fingerprint density at radius 3 is 3.27 bits per heavy atom. The Bertz CT molecular complexity index is 428. The molecule has 1 aliphatic heterocycles. The number of hydrogen-bond acceptors (Lipinski definition) is 4. The van der Waals surface area contributed by atoms with Crippen LogP contribution < -0.4 is 5.32 Å². The average Bonchev–Trinajstić information content (AvgIpc) is 2.74. The number of fused-ring (bicyclic) bond motifs is 1. The van der Waals surface area contributed by atoms with Crippen molar-refractivity contribution in [2.75, 3.05) is 19.7 Å². The molecule has 3 heterocycles. The zero-order valence-corrected chi connectivity index (χ0v) is 8.23. The highest BCUT2D eigenvalue weighted by atomic mass is 16.5. The maximum Gasteiger partial charge on any atom is 0.177 e. The fourth-order valence-corrected chi connectivity index (χ4v) is 1.76. The number of nitrogens with one attached hydrogen (secondary N) is 2. The lowest BCUT2D eigenvalue weighted by molar-refractivity contribution is 0.0228. The molecule has 0 bridgehead atoms. The number of aromatic amines is 1. The number of pyridine rings is 1. The van der Waals surface area contributed by atoms with Gasteiger partial charge in [0.2, 0.25) is 0 Å². The van der Waals surface area contributed by atoms with Crippen LogP contribution in [-0.4, -0.2) is 34.6 Å². The van der Waals surface area contributed by atoms with E-state index >= 15 is 0 Å². The Morgan fingerprint density at radius 2 is 2.47 bits per heavy atom. The lowest BCUT2D eigenvalue weighted by atomic mass is 10.3. The molecular formula is C10H12N4O. The topological polar surface area (TPSA) is 62.8 Å². The average molecular weight is 204 g/mol. The third-order valence-corrected chi connectivity index (χ3v) is 2.51. The number of morpholine rings is 1. The molecule has 5 nitrogen and oxygen atoms in total. The molecule has 0 spiro atoms. The van der Waals surface area contributed by atoms with E-state index in [2.05, 4.69) is 20.3 Å². The van der Waals surface area contributed by atoms with Gasteiger partial charge in [0, 0.05) is 19.3 Å². The summed E-state index contributed by atoms with van der Waals surface area (Å²) in [5.41, 5.74) is 1.71. The molecule has 2 N–H and O–H groups in total. The molecule has 0 radical (unpaired) electrons. The van der Waals surface area contributed by atoms with E-state index in [1.807, 2.05) is 12.1 Å². The van der Waals surface area contributed by atoms with Crippen LogP contribution in [0.1, 0.15) is 11.9 Å². The molecule has 0 aromatic carbocycles. The molecule has 1 saturated heterocycles. The number of aromatic nitrogens is 3. The van der Waals surface area contributed by atoms with Gasteiger partial charge in [-0.3, -0.25) is 0 Å². The summed E-state index contributed by atoms with van der Waals surface area (Å²) in [6, 6.07) is 3.86. The van der Waals surface area contributed by atoms with Gasteiger partial charge in [0.1, 0.15) is 11.9 Å². The van der Waals surface area contributed by atoms with Crippen LogP contribution in [0.3, 0.4) is 0 Å². The molecule has 2 aromatic heterocycles. The van der Waals surface area contributed by atoms with Crippen molar-refractivity contribution < 1.29 is 4.74 Å². The number of rotatable bonds is 1. The van der Waals surface area contributed by atoms with Gasteiger partial charge in [0.05, 0.1) is 12.1 Å². The van der Waals surface area contributed by atoms with E-state index in [4.69, 9.17) is 4.74 Å². The first-order valence-electron chi connectivity index (χ1n) is 5.06. The van der Waals surface area contributed by atoms with Crippen LogP contribution in [0.15, 0.2) is 18.3 Å². The van der Waals surface area contributed by atoms with Gasteiger partial charge in [0.15, 0.2) is 5.65 Å². The zero-order valence-electron chi connectivity index (χ0n) is 8.23. The molecule has 1 aliphatic rings. The molecule has 1 atom stereocenters. The van der Waals surface area contributed by atoms with Gasteiger partial charge in [-0.05, 0) is 12.1 Å². The standard InChI is InChI=1S/C10H12N4O/c1-2-7-9(12-3-1)14-10(13-7)8-6-11-4-5-15-8/h1-3,8,11H,4-6H2,(H,12,13,14). The summed E-state index contributed by atoms with van der Waals surface area (Å²) in [4.78, 5) is 11.8. The highest BCUT2D eigenvalue weighted by molar-refractivity contribution is 5.69. The Morgan fingerprint density at radius 1 is 1.47 bits per heavy atom. The summed E-state index contributed by atoms with van der Waals surface area (Å²) >= 11 is 0. The summed E-state index contributed by atoms with van der Waals surface area (Å²) in [6.45, 7) is 2.45. The SMILES string of the molecule is c1cnc2nc(C3CNCCO3)[nH]c2c1. The highest BCUT2D eigenvalue weighted by Gasteiger charge is 2.19. The molecule has 0 saturated carbocycles. The van der Waals surface area contributed by atoms with Gasteiger partial charge in [-0.1, -0.05) is 0 Å². The van der Waals surface area contributed by atoms with Gasteiger partial charge < -0.3 is 15.0 Å². The molecular weight excluding hydrogens is 192 g/mol. The summed E-state index contributed by atoms with van der Waals surface area (Å²) in [7, 11) is 0. The second kappa shape index (κ2) is 3.60. The quantitative estimate of drug-likeness (QED) is 0.714. The van der Waals surface area contributed by atoms with Crippen molar-refractivity contribution in [1.29, 1.82) is 0 Å². The van der Waals surface area contributed by atoms with Crippen molar-refractivity contribution in [3.8, 4) is 0 Å². The Labute approximate surface area is 86.9 Å². The van der Waals surface area contributed by atoms with Crippen LogP contribution in [0.4, 0.5) is 0 Å². The van der Waals surface area contributed by atoms with Crippen molar-refractivity contribution in [3.63, 3.8) is 0 Å². The van der Waals surface area contributed by atoms with Crippen LogP contribution in [0.25, 0.3) is 11.2 Å². The van der Waals surface area contributed by atoms with Crippen molar-refractivity contribution >= 4 is 11.2 Å². The molecule has 15 heavy (non-hydrogen) atoms. The van der Waals surface area contributed by atoms with Gasteiger partial charge >= 0.3 is 0 Å². The van der Waals surface area contributed by atoms with E-state index in [1.54, 1.807) is 6.20 Å². The van der Waals surface area contributed by atoms with E-state index in [9.17, 15) is 0 Å². The van der Waals surface area contributed by atoms with Crippen LogP contribution in [0.5, 0.6) is 0 Å². The van der Waals surface area contributed by atoms with E-state index in [0.717, 1.165) is 36.7 Å². The Balaban J connectivity index is 1.96. The number of imidazole rings is 1. The summed E-state index contributed by atoms with van der Waals surface area (Å²) in [6.07, 6.45) is 1.76. The number of hydrogen-bond donors (Lipinski definition) is 2. The largest absolute Gasteiger partial charge is 0.368 e. The van der Waals surface area contributed by atoms with E-state index < -0.39 is 0 Å². The first kappa shape index (κ1) is 8.82. The normalized spacial score (nSPS) is 22.0. The number of H-pyrrole nitrogens is 1. The van der Waals surface area contributed by atoms with Gasteiger partial charge in [-0.15, -0.1) is 0 Å². The first-order chi connectivity index (χ1) is 7.43. The van der Waals surface area contributed by atoms with Crippen molar-refractivity contribution in [2.45, 2.75) is 6.10 Å². The third-order valence-electron chi connectivity index (χ3n) is 2.51. The summed E-state index contributed by atoms with van der Waals surface area (Å²) in [5, 5.41) is 3.27. The maximum absolute atomic E-state index is 5.61. The van der Waals surface area contributed by atoms with E-state index in [1.165, 1.54) is 0 Å². The molecule has 1 unspecified atom stereocenters. The van der Waals surface area contributed by atoms with E-state index in [-0.39, 0.29) is 6.10 Å². The van der Waals surface area contributed by atoms with Crippen LogP contribution in [0.2, 0.25) is 0 Å². The molecule has 2 aromatic rings. The lowest BCUT2D eigenvalue weighted by Gasteiger charge is -2.21. The minimum atomic E-state index is 0.0212. The van der Waals surface area contributed by atoms with Crippen molar-refractivity contribution in [1.82, 2.24) is 20.3 Å². The maximum atomic E-state index is 5.61. The second-order valence-corrected chi connectivity index (χ2v) is 3.56. The monoisotopic (exact) mass is 204 g/mol. The predicted octanol–water partition coefficient (Wildman–Crippen LogP) is 0.619.